The van der Waals surface area contributed by atoms with Crippen LogP contribution < -0.4 is 15.2 Å². The van der Waals surface area contributed by atoms with E-state index in [1.165, 1.54) is 0 Å². The van der Waals surface area contributed by atoms with E-state index in [1.807, 2.05) is 0 Å². The molecular weight excluding hydrogens is 194 g/mol. The van der Waals surface area contributed by atoms with Crippen molar-refractivity contribution in [2.45, 2.75) is 12.5 Å². The fourth-order valence-electron chi connectivity index (χ4n) is 1.50. The molecule has 4 nitrogen and oxygen atoms in total. The lowest BCUT2D eigenvalue weighted by Gasteiger charge is -2.24. The van der Waals surface area contributed by atoms with Crippen LogP contribution in [-0.2, 0) is 5.60 Å². The van der Waals surface area contributed by atoms with Gasteiger partial charge < -0.3 is 20.3 Å². The third-order valence-corrected chi connectivity index (χ3v) is 2.56. The summed E-state index contributed by atoms with van der Waals surface area (Å²) in [5.74, 6) is 1.39. The highest BCUT2D eigenvalue weighted by atomic mass is 16.6. The van der Waals surface area contributed by atoms with E-state index in [0.717, 1.165) is 11.3 Å². The van der Waals surface area contributed by atoms with Crippen molar-refractivity contribution < 1.29 is 14.6 Å². The van der Waals surface area contributed by atoms with E-state index in [4.69, 9.17) is 15.2 Å². The Bertz CT molecular complexity index is 363. The van der Waals surface area contributed by atoms with Crippen LogP contribution in [-0.4, -0.2) is 24.9 Å². The van der Waals surface area contributed by atoms with E-state index < -0.39 is 5.60 Å². The summed E-state index contributed by atoms with van der Waals surface area (Å²) >= 11 is 0. The zero-order valence-corrected chi connectivity index (χ0v) is 8.69. The molecule has 0 aliphatic carbocycles. The van der Waals surface area contributed by atoms with E-state index in [2.05, 4.69) is 0 Å². The molecule has 0 amide bonds. The van der Waals surface area contributed by atoms with Crippen LogP contribution in [0.3, 0.4) is 0 Å². The molecule has 1 heterocycles. The molecule has 1 aromatic rings. The van der Waals surface area contributed by atoms with Crippen molar-refractivity contribution in [2.24, 2.45) is 5.73 Å². The van der Waals surface area contributed by atoms with Crippen LogP contribution in [0.5, 0.6) is 11.5 Å². The Kier molecular flexibility index (Phi) is 2.54. The van der Waals surface area contributed by atoms with Crippen LogP contribution in [0.2, 0.25) is 0 Å². The SMILES string of the molecule is CC(O)(CN)c1ccc2c(c1)OCCO2. The van der Waals surface area contributed by atoms with E-state index in [-0.39, 0.29) is 6.54 Å². The maximum atomic E-state index is 9.97. The third-order valence-electron chi connectivity index (χ3n) is 2.56. The Morgan fingerprint density at radius 3 is 2.67 bits per heavy atom. The molecule has 0 fully saturated rings. The Hall–Kier alpha value is -1.26. The fraction of sp³-hybridized carbons (Fsp3) is 0.455. The molecule has 1 aromatic carbocycles. The Morgan fingerprint density at radius 1 is 1.33 bits per heavy atom. The molecule has 4 heteroatoms. The molecule has 1 aliphatic rings. The lowest BCUT2D eigenvalue weighted by molar-refractivity contribution is 0.0660. The van der Waals surface area contributed by atoms with Gasteiger partial charge in [0.05, 0.1) is 5.60 Å². The molecule has 2 rings (SSSR count). The maximum absolute atomic E-state index is 9.97. The molecule has 1 aliphatic heterocycles. The van der Waals surface area contributed by atoms with Crippen LogP contribution in [0.1, 0.15) is 12.5 Å². The molecule has 1 unspecified atom stereocenters. The number of ether oxygens (including phenoxy) is 2. The average molecular weight is 209 g/mol. The van der Waals surface area contributed by atoms with Gasteiger partial charge in [0.25, 0.3) is 0 Å². The first-order valence-electron chi connectivity index (χ1n) is 4.96. The minimum Gasteiger partial charge on any atom is -0.486 e. The van der Waals surface area contributed by atoms with Gasteiger partial charge >= 0.3 is 0 Å². The smallest absolute Gasteiger partial charge is 0.161 e. The third kappa shape index (κ3) is 1.91. The minimum atomic E-state index is -1.02. The van der Waals surface area contributed by atoms with Crippen LogP contribution in [0.25, 0.3) is 0 Å². The van der Waals surface area contributed by atoms with Crippen LogP contribution in [0, 0.1) is 0 Å². The lowest BCUT2D eigenvalue weighted by atomic mass is 9.96. The molecule has 1 atom stereocenters. The van der Waals surface area contributed by atoms with Gasteiger partial charge in [-0.25, -0.2) is 0 Å². The first-order valence-corrected chi connectivity index (χ1v) is 4.96. The molecule has 3 N–H and O–H groups in total. The topological polar surface area (TPSA) is 64.7 Å². The zero-order chi connectivity index (χ0) is 10.9. The van der Waals surface area contributed by atoms with Gasteiger partial charge in [0.2, 0.25) is 0 Å². The van der Waals surface area contributed by atoms with E-state index >= 15 is 0 Å². The van der Waals surface area contributed by atoms with E-state index in [0.29, 0.717) is 19.0 Å². The second-order valence-electron chi connectivity index (χ2n) is 3.84. The van der Waals surface area contributed by atoms with Crippen molar-refractivity contribution in [3.8, 4) is 11.5 Å². The maximum Gasteiger partial charge on any atom is 0.161 e. The number of nitrogens with two attached hydrogens (primary N) is 1. The monoisotopic (exact) mass is 209 g/mol. The van der Waals surface area contributed by atoms with Crippen LogP contribution in [0.15, 0.2) is 18.2 Å². The first kappa shape index (κ1) is 10.3. The summed E-state index contributed by atoms with van der Waals surface area (Å²) in [6, 6.07) is 5.38. The standard InChI is InChI=1S/C11H15NO3/c1-11(13,7-12)8-2-3-9-10(6-8)15-5-4-14-9/h2-3,6,13H,4-5,7,12H2,1H3. The summed E-state index contributed by atoms with van der Waals surface area (Å²) < 4.78 is 10.8. The van der Waals surface area contributed by atoms with Crippen molar-refractivity contribution in [1.82, 2.24) is 0 Å². The number of hydrogen-bond donors (Lipinski definition) is 2. The van der Waals surface area contributed by atoms with Gasteiger partial charge in [-0.05, 0) is 24.6 Å². The van der Waals surface area contributed by atoms with Crippen molar-refractivity contribution in [3.63, 3.8) is 0 Å². The minimum absolute atomic E-state index is 0.173. The summed E-state index contributed by atoms with van der Waals surface area (Å²) in [6.45, 7) is 2.96. The number of rotatable bonds is 2. The Morgan fingerprint density at radius 2 is 2.00 bits per heavy atom. The van der Waals surface area contributed by atoms with Gasteiger partial charge in [-0.1, -0.05) is 6.07 Å². The quantitative estimate of drug-likeness (QED) is 0.749. The average Bonchev–Trinajstić information content (AvgIpc) is 2.28. The number of fused-ring (bicyclic) bond motifs is 1. The second kappa shape index (κ2) is 3.72. The van der Waals surface area contributed by atoms with Crippen LogP contribution >= 0.6 is 0 Å². The van der Waals surface area contributed by atoms with Crippen molar-refractivity contribution in [2.75, 3.05) is 19.8 Å². The summed E-state index contributed by atoms with van der Waals surface area (Å²) in [4.78, 5) is 0. The number of benzene rings is 1. The Labute approximate surface area is 88.6 Å². The van der Waals surface area contributed by atoms with Gasteiger partial charge in [0.1, 0.15) is 13.2 Å². The molecular formula is C11H15NO3. The van der Waals surface area contributed by atoms with E-state index in [1.54, 1.807) is 25.1 Å². The van der Waals surface area contributed by atoms with Gasteiger partial charge in [0.15, 0.2) is 11.5 Å². The molecule has 0 saturated carbocycles. The number of aliphatic hydroxyl groups is 1. The molecule has 0 spiro atoms. The molecule has 0 aromatic heterocycles. The van der Waals surface area contributed by atoms with E-state index in [9.17, 15) is 5.11 Å². The summed E-state index contributed by atoms with van der Waals surface area (Å²) in [6.07, 6.45) is 0. The molecule has 0 saturated heterocycles. The van der Waals surface area contributed by atoms with Crippen molar-refractivity contribution in [3.05, 3.63) is 23.8 Å². The number of hydrogen-bond acceptors (Lipinski definition) is 4. The van der Waals surface area contributed by atoms with Gasteiger partial charge in [0, 0.05) is 6.54 Å². The second-order valence-corrected chi connectivity index (χ2v) is 3.84. The van der Waals surface area contributed by atoms with Crippen molar-refractivity contribution in [1.29, 1.82) is 0 Å². The normalized spacial score (nSPS) is 18.3. The lowest BCUT2D eigenvalue weighted by Crippen LogP contribution is -2.31. The molecule has 0 bridgehead atoms. The molecule has 15 heavy (non-hydrogen) atoms. The van der Waals surface area contributed by atoms with Gasteiger partial charge in [-0.2, -0.15) is 0 Å². The summed E-state index contributed by atoms with van der Waals surface area (Å²) in [7, 11) is 0. The first-order chi connectivity index (χ1) is 7.13. The van der Waals surface area contributed by atoms with Gasteiger partial charge in [-0.15, -0.1) is 0 Å². The molecule has 0 radical (unpaired) electrons. The van der Waals surface area contributed by atoms with Gasteiger partial charge in [-0.3, -0.25) is 0 Å². The largest absolute Gasteiger partial charge is 0.486 e. The molecule has 82 valence electrons. The zero-order valence-electron chi connectivity index (χ0n) is 8.69. The summed E-state index contributed by atoms with van der Waals surface area (Å²) in [5.41, 5.74) is 5.22. The fourth-order valence-corrected chi connectivity index (χ4v) is 1.50. The predicted octanol–water partition coefficient (Wildman–Crippen LogP) is 0.624. The van der Waals surface area contributed by atoms with Crippen molar-refractivity contribution >= 4 is 0 Å². The Balaban J connectivity index is 2.36. The highest BCUT2D eigenvalue weighted by molar-refractivity contribution is 5.45. The highest BCUT2D eigenvalue weighted by Gasteiger charge is 2.23. The predicted molar refractivity (Wildman–Crippen MR) is 56.1 cm³/mol. The summed E-state index contributed by atoms with van der Waals surface area (Å²) in [5, 5.41) is 9.97. The highest BCUT2D eigenvalue weighted by Crippen LogP contribution is 2.33. The van der Waals surface area contributed by atoms with Crippen LogP contribution in [0.4, 0.5) is 0 Å².